The van der Waals surface area contributed by atoms with Crippen molar-refractivity contribution in [2.75, 3.05) is 39.1 Å². The van der Waals surface area contributed by atoms with Crippen LogP contribution in [0.4, 0.5) is 0 Å². The second-order valence-electron chi connectivity index (χ2n) is 5.33. The Balaban J connectivity index is 1.68. The number of nitrogens with one attached hydrogen (secondary N) is 1. The van der Waals surface area contributed by atoms with Crippen LogP contribution in [-0.2, 0) is 4.74 Å². The SMILES string of the molecule is CSc1nc(C(=O)NC[C@@H](c2ccccn2)N2CCOCC2)cs1. The third-order valence-corrected chi connectivity index (χ3v) is 5.73. The zero-order valence-corrected chi connectivity index (χ0v) is 15.1. The molecule has 1 aliphatic heterocycles. The summed E-state index contributed by atoms with van der Waals surface area (Å²) in [5.74, 6) is -0.138. The van der Waals surface area contributed by atoms with Gasteiger partial charge in [0.2, 0.25) is 0 Å². The number of hydrogen-bond acceptors (Lipinski definition) is 7. The van der Waals surface area contributed by atoms with E-state index < -0.39 is 0 Å². The molecule has 0 spiro atoms. The normalized spacial score (nSPS) is 16.7. The van der Waals surface area contributed by atoms with Crippen LogP contribution in [0, 0.1) is 0 Å². The summed E-state index contributed by atoms with van der Waals surface area (Å²) in [6, 6.07) is 5.92. The van der Waals surface area contributed by atoms with Gasteiger partial charge in [0.15, 0.2) is 0 Å². The van der Waals surface area contributed by atoms with Gasteiger partial charge in [0, 0.05) is 31.2 Å². The average molecular weight is 364 g/mol. The van der Waals surface area contributed by atoms with Crippen molar-refractivity contribution >= 4 is 29.0 Å². The molecule has 1 N–H and O–H groups in total. The third-order valence-electron chi connectivity index (χ3n) is 3.86. The van der Waals surface area contributed by atoms with Gasteiger partial charge in [0.1, 0.15) is 10.0 Å². The molecule has 0 aromatic carbocycles. The van der Waals surface area contributed by atoms with Gasteiger partial charge in [-0.3, -0.25) is 14.7 Å². The summed E-state index contributed by atoms with van der Waals surface area (Å²) in [5, 5.41) is 4.80. The predicted octanol–water partition coefficient (Wildman–Crippen LogP) is 2.06. The number of carbonyl (C=O) groups excluding carboxylic acids is 1. The fourth-order valence-corrected chi connectivity index (χ4v) is 3.86. The Morgan fingerprint density at radius 2 is 2.29 bits per heavy atom. The first-order valence-electron chi connectivity index (χ1n) is 7.78. The van der Waals surface area contributed by atoms with Crippen LogP contribution in [0.2, 0.25) is 0 Å². The van der Waals surface area contributed by atoms with Gasteiger partial charge in [-0.1, -0.05) is 17.8 Å². The summed E-state index contributed by atoms with van der Waals surface area (Å²) >= 11 is 3.03. The number of rotatable bonds is 6. The predicted molar refractivity (Wildman–Crippen MR) is 95.6 cm³/mol. The number of pyridine rings is 1. The molecular weight excluding hydrogens is 344 g/mol. The molecule has 0 unspecified atom stereocenters. The van der Waals surface area contributed by atoms with Crippen molar-refractivity contribution in [1.29, 1.82) is 0 Å². The smallest absolute Gasteiger partial charge is 0.270 e. The van der Waals surface area contributed by atoms with Gasteiger partial charge < -0.3 is 10.1 Å². The molecule has 8 heteroatoms. The lowest BCUT2D eigenvalue weighted by molar-refractivity contribution is 0.0153. The van der Waals surface area contributed by atoms with Crippen LogP contribution in [0.15, 0.2) is 34.1 Å². The van der Waals surface area contributed by atoms with E-state index in [1.807, 2.05) is 24.5 Å². The minimum Gasteiger partial charge on any atom is -0.379 e. The molecular formula is C16H20N4O2S2. The van der Waals surface area contributed by atoms with Gasteiger partial charge in [-0.05, 0) is 18.4 Å². The zero-order valence-electron chi connectivity index (χ0n) is 13.5. The Bertz CT molecular complexity index is 659. The van der Waals surface area contributed by atoms with Crippen LogP contribution in [0.5, 0.6) is 0 Å². The Kier molecular flexibility index (Phi) is 6.19. The largest absolute Gasteiger partial charge is 0.379 e. The van der Waals surface area contributed by atoms with Crippen molar-refractivity contribution in [2.24, 2.45) is 0 Å². The average Bonchev–Trinajstić information content (AvgIpc) is 3.13. The Morgan fingerprint density at radius 1 is 1.46 bits per heavy atom. The van der Waals surface area contributed by atoms with E-state index in [1.165, 1.54) is 11.3 Å². The van der Waals surface area contributed by atoms with Crippen molar-refractivity contribution in [3.63, 3.8) is 0 Å². The number of hydrogen-bond donors (Lipinski definition) is 1. The third kappa shape index (κ3) is 4.32. The Morgan fingerprint density at radius 3 is 2.96 bits per heavy atom. The van der Waals surface area contributed by atoms with E-state index in [-0.39, 0.29) is 11.9 Å². The van der Waals surface area contributed by atoms with E-state index in [0.29, 0.717) is 25.5 Å². The van der Waals surface area contributed by atoms with Crippen LogP contribution in [0.3, 0.4) is 0 Å². The quantitative estimate of drug-likeness (QED) is 0.792. The van der Waals surface area contributed by atoms with Gasteiger partial charge in [0.05, 0.1) is 24.9 Å². The Labute approximate surface area is 149 Å². The molecule has 6 nitrogen and oxygen atoms in total. The first-order valence-corrected chi connectivity index (χ1v) is 9.89. The minimum atomic E-state index is -0.138. The van der Waals surface area contributed by atoms with E-state index in [9.17, 15) is 4.79 Å². The standard InChI is InChI=1S/C16H20N4O2S2/c1-23-16-19-13(11-24-16)15(21)18-10-14(12-4-2-3-5-17-12)20-6-8-22-9-7-20/h2-5,11,14H,6-10H2,1H3,(H,18,21)/t14-/m0/s1. The first-order chi connectivity index (χ1) is 11.8. The molecule has 3 heterocycles. The van der Waals surface area contributed by atoms with E-state index >= 15 is 0 Å². The number of aromatic nitrogens is 2. The van der Waals surface area contributed by atoms with Gasteiger partial charge in [0.25, 0.3) is 5.91 Å². The van der Waals surface area contributed by atoms with E-state index in [1.54, 1.807) is 23.3 Å². The molecule has 2 aromatic rings. The summed E-state index contributed by atoms with van der Waals surface area (Å²) in [7, 11) is 0. The van der Waals surface area contributed by atoms with Crippen LogP contribution in [0.1, 0.15) is 22.2 Å². The highest BCUT2D eigenvalue weighted by Crippen LogP contribution is 2.21. The molecule has 0 radical (unpaired) electrons. The fraction of sp³-hybridized carbons (Fsp3) is 0.438. The highest BCUT2D eigenvalue weighted by Gasteiger charge is 2.24. The lowest BCUT2D eigenvalue weighted by Crippen LogP contribution is -2.44. The highest BCUT2D eigenvalue weighted by molar-refractivity contribution is 8.00. The maximum atomic E-state index is 12.4. The van der Waals surface area contributed by atoms with Crippen molar-refractivity contribution < 1.29 is 9.53 Å². The molecule has 0 saturated carbocycles. The molecule has 24 heavy (non-hydrogen) atoms. The van der Waals surface area contributed by atoms with Gasteiger partial charge in [-0.2, -0.15) is 0 Å². The number of thioether (sulfide) groups is 1. The summed E-state index contributed by atoms with van der Waals surface area (Å²) in [6.45, 7) is 3.59. The highest BCUT2D eigenvalue weighted by atomic mass is 32.2. The van der Waals surface area contributed by atoms with Crippen LogP contribution in [0.25, 0.3) is 0 Å². The van der Waals surface area contributed by atoms with E-state index in [4.69, 9.17) is 4.74 Å². The Hall–Kier alpha value is -1.48. The molecule has 1 aliphatic rings. The minimum absolute atomic E-state index is 0.0395. The van der Waals surface area contributed by atoms with E-state index in [0.717, 1.165) is 23.1 Å². The second kappa shape index (κ2) is 8.57. The number of morpholine rings is 1. The molecule has 1 fully saturated rings. The number of amides is 1. The fourth-order valence-electron chi connectivity index (χ4n) is 2.62. The van der Waals surface area contributed by atoms with Gasteiger partial charge in [-0.25, -0.2) is 4.98 Å². The molecule has 128 valence electrons. The lowest BCUT2D eigenvalue weighted by atomic mass is 10.1. The molecule has 0 aliphatic carbocycles. The summed E-state index contributed by atoms with van der Waals surface area (Å²) in [6.07, 6.45) is 3.74. The van der Waals surface area contributed by atoms with Crippen molar-refractivity contribution in [3.05, 3.63) is 41.2 Å². The van der Waals surface area contributed by atoms with Crippen molar-refractivity contribution in [2.45, 2.75) is 10.4 Å². The maximum Gasteiger partial charge on any atom is 0.270 e. The summed E-state index contributed by atoms with van der Waals surface area (Å²) in [5.41, 5.74) is 1.44. The first kappa shape index (κ1) is 17.3. The van der Waals surface area contributed by atoms with Crippen LogP contribution >= 0.6 is 23.1 Å². The van der Waals surface area contributed by atoms with Crippen LogP contribution < -0.4 is 5.32 Å². The van der Waals surface area contributed by atoms with Gasteiger partial charge >= 0.3 is 0 Å². The molecule has 1 amide bonds. The number of ether oxygens (including phenoxy) is 1. The monoisotopic (exact) mass is 364 g/mol. The van der Waals surface area contributed by atoms with Crippen molar-refractivity contribution in [1.82, 2.24) is 20.2 Å². The number of nitrogens with zero attached hydrogens (tertiary/aromatic N) is 3. The second-order valence-corrected chi connectivity index (χ2v) is 7.24. The molecule has 0 bridgehead atoms. The molecule has 2 aromatic heterocycles. The van der Waals surface area contributed by atoms with Crippen molar-refractivity contribution in [3.8, 4) is 0 Å². The molecule has 1 saturated heterocycles. The summed E-state index contributed by atoms with van der Waals surface area (Å²) < 4.78 is 6.33. The topological polar surface area (TPSA) is 67.4 Å². The van der Waals surface area contributed by atoms with E-state index in [2.05, 4.69) is 20.2 Å². The van der Waals surface area contributed by atoms with Gasteiger partial charge in [-0.15, -0.1) is 11.3 Å². The number of carbonyl (C=O) groups is 1. The lowest BCUT2D eigenvalue weighted by Gasteiger charge is -2.34. The molecule has 1 atom stereocenters. The maximum absolute atomic E-state index is 12.4. The molecule has 3 rings (SSSR count). The number of thiazole rings is 1. The zero-order chi connectivity index (χ0) is 16.8. The summed E-state index contributed by atoms with van der Waals surface area (Å²) in [4.78, 5) is 23.4. The van der Waals surface area contributed by atoms with Crippen LogP contribution in [-0.4, -0.2) is 59.9 Å².